The number of carbonyl (C=O) groups excluding carboxylic acids is 3. The van der Waals surface area contributed by atoms with Crippen molar-refractivity contribution < 1.29 is 19.1 Å². The fourth-order valence-electron chi connectivity index (χ4n) is 3.05. The van der Waals surface area contributed by atoms with E-state index in [1.165, 1.54) is 17.9 Å². The summed E-state index contributed by atoms with van der Waals surface area (Å²) in [4.78, 5) is 36.9. The van der Waals surface area contributed by atoms with Gasteiger partial charge in [-0.3, -0.25) is 9.59 Å². The molecule has 2 aromatic carbocycles. The molecular weight excluding hydrogens is 398 g/mol. The van der Waals surface area contributed by atoms with Crippen LogP contribution >= 0.6 is 0 Å². The zero-order chi connectivity index (χ0) is 22.1. The number of hydrogen-bond acceptors (Lipinski definition) is 7. The zero-order valence-electron chi connectivity index (χ0n) is 17.0. The molecule has 0 saturated carbocycles. The summed E-state index contributed by atoms with van der Waals surface area (Å²) in [6, 6.07) is 17.2. The fourth-order valence-corrected chi connectivity index (χ4v) is 3.05. The maximum Gasteiger partial charge on any atom is 0.331 e. The first kappa shape index (κ1) is 21.8. The first-order valence-corrected chi connectivity index (χ1v) is 9.79. The Kier molecular flexibility index (Phi) is 7.58. The average molecular weight is 421 g/mol. The lowest BCUT2D eigenvalue weighted by molar-refractivity contribution is -0.152. The van der Waals surface area contributed by atoms with Gasteiger partial charge in [-0.1, -0.05) is 60.7 Å². The van der Waals surface area contributed by atoms with Crippen LogP contribution in [-0.2, 0) is 32.0 Å². The minimum atomic E-state index is -0.821. The minimum Gasteiger partial charge on any atom is -0.454 e. The maximum absolute atomic E-state index is 12.7. The Morgan fingerprint density at radius 3 is 2.13 bits per heavy atom. The molecule has 2 atom stereocenters. The van der Waals surface area contributed by atoms with Crippen LogP contribution in [0.4, 0.5) is 0 Å². The van der Waals surface area contributed by atoms with E-state index in [1.54, 1.807) is 0 Å². The maximum atomic E-state index is 12.7. The summed E-state index contributed by atoms with van der Waals surface area (Å²) in [5.74, 6) is -1.38. The van der Waals surface area contributed by atoms with Gasteiger partial charge in [0.25, 0.3) is 5.91 Å². The molecule has 0 aliphatic rings. The van der Waals surface area contributed by atoms with Crippen LogP contribution in [0.25, 0.3) is 0 Å². The summed E-state index contributed by atoms with van der Waals surface area (Å²) in [6.07, 6.45) is 1.98. The van der Waals surface area contributed by atoms with Crippen LogP contribution in [0.1, 0.15) is 24.1 Å². The molecule has 0 aliphatic carbocycles. The number of ketones is 1. The molecule has 1 amide bonds. The number of hydrogen-bond donors (Lipinski definition) is 1. The van der Waals surface area contributed by atoms with Crippen molar-refractivity contribution in [1.82, 2.24) is 25.5 Å². The highest BCUT2D eigenvalue weighted by molar-refractivity contribution is 5.89. The molecule has 0 aliphatic heterocycles. The van der Waals surface area contributed by atoms with Gasteiger partial charge in [-0.25, -0.2) is 9.48 Å². The number of tetrazole rings is 1. The molecule has 3 rings (SSSR count). The Morgan fingerprint density at radius 2 is 1.58 bits per heavy atom. The molecule has 0 unspecified atom stereocenters. The Bertz CT molecular complexity index is 993. The summed E-state index contributed by atoms with van der Waals surface area (Å²) in [5, 5.41) is 13.6. The van der Waals surface area contributed by atoms with Gasteiger partial charge < -0.3 is 10.1 Å². The van der Waals surface area contributed by atoms with Crippen LogP contribution in [-0.4, -0.2) is 50.5 Å². The lowest BCUT2D eigenvalue weighted by atomic mass is 10.0. The number of aromatic nitrogens is 4. The standard InChI is InChI=1S/C22H23N5O4/c1-16(28)19(12-17-8-4-2-5-9-17)24-21(29)14-31-22(30)20(27-15-23-25-26-27)13-18-10-6-3-7-11-18/h2-11,15,19-20H,12-14H2,1H3,(H,24,29)/t19-,20+/m0/s1. The largest absolute Gasteiger partial charge is 0.454 e. The summed E-state index contributed by atoms with van der Waals surface area (Å²) in [6.45, 7) is 0.901. The summed E-state index contributed by atoms with van der Waals surface area (Å²) >= 11 is 0. The number of nitrogens with one attached hydrogen (secondary N) is 1. The average Bonchev–Trinajstić information content (AvgIpc) is 3.31. The van der Waals surface area contributed by atoms with E-state index in [0.29, 0.717) is 12.8 Å². The van der Waals surface area contributed by atoms with Crippen LogP contribution in [0.5, 0.6) is 0 Å². The smallest absolute Gasteiger partial charge is 0.331 e. The molecule has 160 valence electrons. The van der Waals surface area contributed by atoms with E-state index in [9.17, 15) is 14.4 Å². The number of amides is 1. The van der Waals surface area contributed by atoms with E-state index in [-0.39, 0.29) is 5.78 Å². The van der Waals surface area contributed by atoms with E-state index in [1.807, 2.05) is 60.7 Å². The summed E-state index contributed by atoms with van der Waals surface area (Å²) in [5.41, 5.74) is 1.81. The van der Waals surface area contributed by atoms with Crippen LogP contribution in [0.2, 0.25) is 0 Å². The van der Waals surface area contributed by atoms with Crippen molar-refractivity contribution >= 4 is 17.7 Å². The number of rotatable bonds is 10. The van der Waals surface area contributed by atoms with Crippen molar-refractivity contribution in [3.8, 4) is 0 Å². The molecular formula is C22H23N5O4. The summed E-state index contributed by atoms with van der Waals surface area (Å²) in [7, 11) is 0. The zero-order valence-corrected chi connectivity index (χ0v) is 17.0. The third-order valence-electron chi connectivity index (χ3n) is 4.68. The van der Waals surface area contributed by atoms with Crippen molar-refractivity contribution in [3.05, 3.63) is 78.1 Å². The van der Waals surface area contributed by atoms with Crippen LogP contribution in [0.15, 0.2) is 67.0 Å². The Hall–Kier alpha value is -3.88. The monoisotopic (exact) mass is 421 g/mol. The van der Waals surface area contributed by atoms with Gasteiger partial charge in [0.2, 0.25) is 0 Å². The predicted molar refractivity (Wildman–Crippen MR) is 111 cm³/mol. The molecule has 31 heavy (non-hydrogen) atoms. The second-order valence-corrected chi connectivity index (χ2v) is 7.02. The SMILES string of the molecule is CC(=O)[C@H](Cc1ccccc1)NC(=O)COC(=O)[C@@H](Cc1ccccc1)n1cnnn1. The second kappa shape index (κ2) is 10.8. The molecule has 9 heteroatoms. The number of ether oxygens (including phenoxy) is 1. The van der Waals surface area contributed by atoms with Crippen molar-refractivity contribution in [2.45, 2.75) is 31.8 Å². The van der Waals surface area contributed by atoms with Crippen LogP contribution in [0.3, 0.4) is 0 Å². The molecule has 9 nitrogen and oxygen atoms in total. The first-order valence-electron chi connectivity index (χ1n) is 9.79. The fraction of sp³-hybridized carbons (Fsp3) is 0.273. The highest BCUT2D eigenvalue weighted by Gasteiger charge is 2.25. The molecule has 1 N–H and O–H groups in total. The first-order chi connectivity index (χ1) is 15.0. The van der Waals surface area contributed by atoms with Crippen molar-refractivity contribution in [1.29, 1.82) is 0 Å². The van der Waals surface area contributed by atoms with Gasteiger partial charge in [0, 0.05) is 6.42 Å². The van der Waals surface area contributed by atoms with Gasteiger partial charge in [-0.2, -0.15) is 0 Å². The highest BCUT2D eigenvalue weighted by Crippen LogP contribution is 2.15. The normalized spacial score (nSPS) is 12.5. The Labute approximate surface area is 179 Å². The molecule has 0 fully saturated rings. The lowest BCUT2D eigenvalue weighted by Gasteiger charge is -2.18. The second-order valence-electron chi connectivity index (χ2n) is 7.02. The van der Waals surface area contributed by atoms with Crippen molar-refractivity contribution in [2.24, 2.45) is 0 Å². The van der Waals surface area contributed by atoms with Crippen LogP contribution in [0, 0.1) is 0 Å². The number of esters is 1. The van der Waals surface area contributed by atoms with E-state index in [4.69, 9.17) is 4.74 Å². The molecule has 1 aromatic heterocycles. The highest BCUT2D eigenvalue weighted by atomic mass is 16.5. The number of carbonyl (C=O) groups is 3. The van der Waals surface area contributed by atoms with Gasteiger partial charge in [0.05, 0.1) is 6.04 Å². The van der Waals surface area contributed by atoms with E-state index < -0.39 is 30.6 Å². The Morgan fingerprint density at radius 1 is 0.968 bits per heavy atom. The van der Waals surface area contributed by atoms with E-state index in [0.717, 1.165) is 11.1 Å². The molecule has 1 heterocycles. The number of nitrogens with zero attached hydrogens (tertiary/aromatic N) is 4. The molecule has 0 saturated heterocycles. The summed E-state index contributed by atoms with van der Waals surface area (Å²) < 4.78 is 6.51. The van der Waals surface area contributed by atoms with E-state index in [2.05, 4.69) is 20.8 Å². The topological polar surface area (TPSA) is 116 Å². The molecule has 0 radical (unpaired) electrons. The van der Waals surface area contributed by atoms with E-state index >= 15 is 0 Å². The minimum absolute atomic E-state index is 0.181. The van der Waals surface area contributed by atoms with Crippen LogP contribution < -0.4 is 5.32 Å². The quantitative estimate of drug-likeness (QED) is 0.491. The van der Waals surface area contributed by atoms with Gasteiger partial charge in [-0.05, 0) is 34.9 Å². The van der Waals surface area contributed by atoms with Gasteiger partial charge in [0.15, 0.2) is 18.4 Å². The van der Waals surface area contributed by atoms with Crippen molar-refractivity contribution in [3.63, 3.8) is 0 Å². The van der Waals surface area contributed by atoms with Gasteiger partial charge >= 0.3 is 5.97 Å². The number of Topliss-reactive ketones (excluding diaryl/α,β-unsaturated/α-hetero) is 1. The molecule has 0 spiro atoms. The van der Waals surface area contributed by atoms with Gasteiger partial charge in [-0.15, -0.1) is 5.10 Å². The molecule has 3 aromatic rings. The lowest BCUT2D eigenvalue weighted by Crippen LogP contribution is -2.43. The molecule has 0 bridgehead atoms. The van der Waals surface area contributed by atoms with Crippen molar-refractivity contribution in [2.75, 3.05) is 6.61 Å². The number of benzene rings is 2. The predicted octanol–water partition coefficient (Wildman–Crippen LogP) is 1.32. The third kappa shape index (κ3) is 6.56. The Balaban J connectivity index is 1.59. The third-order valence-corrected chi connectivity index (χ3v) is 4.68. The van der Waals surface area contributed by atoms with Gasteiger partial charge in [0.1, 0.15) is 6.33 Å².